The topological polar surface area (TPSA) is 17.3 Å². The molecule has 0 amide bonds. The van der Waals surface area contributed by atoms with Gasteiger partial charge in [0.1, 0.15) is 5.65 Å². The summed E-state index contributed by atoms with van der Waals surface area (Å²) in [5.74, 6) is 0. The van der Waals surface area contributed by atoms with Crippen molar-refractivity contribution in [3.05, 3.63) is 192 Å². The van der Waals surface area contributed by atoms with Crippen molar-refractivity contribution in [2.45, 2.75) is 5.41 Å². The van der Waals surface area contributed by atoms with Gasteiger partial charge in [-0.25, -0.2) is 4.98 Å². The minimum absolute atomic E-state index is 0.450. The number of imidazole rings is 1. The molecule has 206 valence electrons. The van der Waals surface area contributed by atoms with Gasteiger partial charge >= 0.3 is 0 Å². The molecule has 0 N–H and O–H groups in total. The molecule has 2 heteroatoms. The fraction of sp³-hybridized carbons (Fsp3) is 0.0238. The van der Waals surface area contributed by atoms with Crippen LogP contribution >= 0.6 is 0 Å². The Morgan fingerprint density at radius 1 is 0.455 bits per heavy atom. The van der Waals surface area contributed by atoms with Crippen molar-refractivity contribution < 1.29 is 0 Å². The van der Waals surface area contributed by atoms with Gasteiger partial charge in [0, 0.05) is 17.3 Å². The van der Waals surface area contributed by atoms with E-state index in [1.807, 2.05) is 0 Å². The number of fused-ring (bicyclic) bond motifs is 5. The van der Waals surface area contributed by atoms with Crippen molar-refractivity contribution in [2.24, 2.45) is 0 Å². The molecule has 0 atom stereocenters. The van der Waals surface area contributed by atoms with E-state index in [4.69, 9.17) is 4.98 Å². The summed E-state index contributed by atoms with van der Waals surface area (Å²) >= 11 is 0. The Hall–Kier alpha value is -5.73. The van der Waals surface area contributed by atoms with Gasteiger partial charge < -0.3 is 0 Å². The van der Waals surface area contributed by atoms with Crippen molar-refractivity contribution in [3.63, 3.8) is 0 Å². The Kier molecular flexibility index (Phi) is 5.45. The molecular formula is C42H28N2. The lowest BCUT2D eigenvalue weighted by atomic mass is 9.67. The number of nitrogens with zero attached hydrogens (tertiary/aromatic N) is 2. The first-order chi connectivity index (χ1) is 21.8. The number of pyridine rings is 1. The van der Waals surface area contributed by atoms with E-state index in [1.54, 1.807) is 0 Å². The molecule has 6 aromatic carbocycles. The fourth-order valence-electron chi connectivity index (χ4n) is 7.40. The molecule has 0 bridgehead atoms. The summed E-state index contributed by atoms with van der Waals surface area (Å²) in [4.78, 5) is 5.21. The zero-order valence-electron chi connectivity index (χ0n) is 24.1. The first kappa shape index (κ1) is 24.8. The lowest BCUT2D eigenvalue weighted by Crippen LogP contribution is -2.28. The summed E-state index contributed by atoms with van der Waals surface area (Å²) in [5.41, 5.74) is 12.5. The van der Waals surface area contributed by atoms with Crippen LogP contribution in [0.2, 0.25) is 0 Å². The Bertz CT molecular complexity index is 2290. The van der Waals surface area contributed by atoms with Gasteiger partial charge in [-0.2, -0.15) is 0 Å². The fourth-order valence-corrected chi connectivity index (χ4v) is 7.40. The Morgan fingerprint density at radius 2 is 1.09 bits per heavy atom. The van der Waals surface area contributed by atoms with Crippen molar-refractivity contribution in [1.29, 1.82) is 0 Å². The lowest BCUT2D eigenvalue weighted by Gasteiger charge is -2.34. The van der Waals surface area contributed by atoms with Gasteiger partial charge in [0.05, 0.1) is 16.8 Å². The van der Waals surface area contributed by atoms with Gasteiger partial charge in [0.15, 0.2) is 0 Å². The second-order valence-electron chi connectivity index (χ2n) is 11.6. The molecule has 0 radical (unpaired) electrons. The van der Waals surface area contributed by atoms with Crippen LogP contribution in [-0.4, -0.2) is 9.38 Å². The monoisotopic (exact) mass is 560 g/mol. The molecule has 2 nitrogen and oxygen atoms in total. The third-order valence-corrected chi connectivity index (χ3v) is 9.28. The molecule has 2 heterocycles. The van der Waals surface area contributed by atoms with Crippen LogP contribution in [0.5, 0.6) is 0 Å². The number of benzene rings is 6. The zero-order valence-corrected chi connectivity index (χ0v) is 24.1. The second-order valence-corrected chi connectivity index (χ2v) is 11.6. The molecule has 0 saturated carbocycles. The summed E-state index contributed by atoms with van der Waals surface area (Å²) < 4.78 is 2.24. The minimum atomic E-state index is -0.450. The molecule has 1 aliphatic carbocycles. The average molecular weight is 561 g/mol. The van der Waals surface area contributed by atoms with Crippen LogP contribution in [0.4, 0.5) is 0 Å². The van der Waals surface area contributed by atoms with Gasteiger partial charge in [-0.3, -0.25) is 4.40 Å². The molecule has 0 aliphatic heterocycles. The van der Waals surface area contributed by atoms with Crippen molar-refractivity contribution in [1.82, 2.24) is 9.38 Å². The third-order valence-electron chi connectivity index (χ3n) is 9.28. The van der Waals surface area contributed by atoms with Crippen LogP contribution in [0.1, 0.15) is 22.3 Å². The molecule has 0 saturated heterocycles. The largest absolute Gasteiger partial charge is 0.299 e. The van der Waals surface area contributed by atoms with Crippen LogP contribution < -0.4 is 0 Å². The van der Waals surface area contributed by atoms with Crippen LogP contribution in [0.15, 0.2) is 170 Å². The van der Waals surface area contributed by atoms with E-state index in [0.29, 0.717) is 0 Å². The maximum absolute atomic E-state index is 5.21. The highest BCUT2D eigenvalue weighted by atomic mass is 15.0. The van der Waals surface area contributed by atoms with Gasteiger partial charge in [-0.05, 0) is 68.4 Å². The van der Waals surface area contributed by atoms with E-state index in [-0.39, 0.29) is 0 Å². The number of hydrogen-bond donors (Lipinski definition) is 0. The van der Waals surface area contributed by atoms with Crippen LogP contribution in [0.3, 0.4) is 0 Å². The zero-order chi connectivity index (χ0) is 29.1. The molecule has 2 aromatic heterocycles. The van der Waals surface area contributed by atoms with Gasteiger partial charge in [-0.15, -0.1) is 0 Å². The quantitative estimate of drug-likeness (QED) is 0.209. The summed E-state index contributed by atoms with van der Waals surface area (Å²) in [6.07, 6.45) is 2.13. The van der Waals surface area contributed by atoms with Gasteiger partial charge in [-0.1, -0.05) is 140 Å². The SMILES string of the molecule is c1ccc(C2(c3ccccc3)c3ccccc3-c3ccc(-c4c(-c5ccc6ccccc6c5)nc5ccccn45)cc32)cc1. The number of rotatable bonds is 4. The minimum Gasteiger partial charge on any atom is -0.299 e. The summed E-state index contributed by atoms with van der Waals surface area (Å²) in [7, 11) is 0. The predicted octanol–water partition coefficient (Wildman–Crippen LogP) is 10.2. The van der Waals surface area contributed by atoms with E-state index in [1.165, 1.54) is 44.2 Å². The maximum atomic E-state index is 5.21. The van der Waals surface area contributed by atoms with Crippen LogP contribution in [0.25, 0.3) is 50.1 Å². The van der Waals surface area contributed by atoms with E-state index < -0.39 is 5.41 Å². The van der Waals surface area contributed by atoms with Gasteiger partial charge in [0.25, 0.3) is 0 Å². The highest BCUT2D eigenvalue weighted by molar-refractivity contribution is 5.93. The standard InChI is InChI=1S/C42H28N2/c1-3-15-33(16-4-1)42(34-17-5-2-6-18-34)37-20-10-9-19-35(37)36-25-24-32(28-38(36)42)41-40(43-39-21-11-12-26-44(39)41)31-23-22-29-13-7-8-14-30(29)27-31/h1-28H. The molecule has 44 heavy (non-hydrogen) atoms. The lowest BCUT2D eigenvalue weighted by molar-refractivity contribution is 0.768. The highest BCUT2D eigenvalue weighted by Crippen LogP contribution is 2.56. The van der Waals surface area contributed by atoms with Gasteiger partial charge in [0.2, 0.25) is 0 Å². The van der Waals surface area contributed by atoms with E-state index in [2.05, 4.69) is 174 Å². The van der Waals surface area contributed by atoms with E-state index in [0.717, 1.165) is 28.2 Å². The second kappa shape index (κ2) is 9.65. The summed E-state index contributed by atoms with van der Waals surface area (Å²) in [5, 5.41) is 2.44. The molecule has 0 fully saturated rings. The molecule has 0 spiro atoms. The Labute approximate surface area is 256 Å². The number of hydrogen-bond acceptors (Lipinski definition) is 1. The Balaban J connectivity index is 1.36. The summed E-state index contributed by atoms with van der Waals surface area (Å²) in [6, 6.07) is 59.3. The maximum Gasteiger partial charge on any atom is 0.137 e. The number of aromatic nitrogens is 2. The third kappa shape index (κ3) is 3.52. The summed E-state index contributed by atoms with van der Waals surface area (Å²) in [6.45, 7) is 0. The van der Waals surface area contributed by atoms with Crippen molar-refractivity contribution >= 4 is 16.4 Å². The van der Waals surface area contributed by atoms with Crippen molar-refractivity contribution in [2.75, 3.05) is 0 Å². The molecule has 0 unspecified atom stereocenters. The Morgan fingerprint density at radius 3 is 1.89 bits per heavy atom. The van der Waals surface area contributed by atoms with Crippen LogP contribution in [0, 0.1) is 0 Å². The first-order valence-electron chi connectivity index (χ1n) is 15.1. The average Bonchev–Trinajstić information content (AvgIpc) is 3.63. The smallest absolute Gasteiger partial charge is 0.137 e. The van der Waals surface area contributed by atoms with E-state index >= 15 is 0 Å². The van der Waals surface area contributed by atoms with Crippen LogP contribution in [-0.2, 0) is 5.41 Å². The molecule has 9 rings (SSSR count). The van der Waals surface area contributed by atoms with Crippen molar-refractivity contribution in [3.8, 4) is 33.6 Å². The molecule has 1 aliphatic rings. The highest BCUT2D eigenvalue weighted by Gasteiger charge is 2.46. The molecule has 8 aromatic rings. The predicted molar refractivity (Wildman–Crippen MR) is 181 cm³/mol. The first-order valence-corrected chi connectivity index (χ1v) is 15.1. The molecular weight excluding hydrogens is 532 g/mol. The van der Waals surface area contributed by atoms with E-state index in [9.17, 15) is 0 Å². The normalized spacial score (nSPS) is 13.2.